The lowest BCUT2D eigenvalue weighted by Gasteiger charge is -2.16. The number of benzene rings is 2. The van der Waals surface area contributed by atoms with E-state index in [9.17, 15) is 35.0 Å². The minimum atomic E-state index is -1.52. The number of carbonyl (C=O) groups is 5. The van der Waals surface area contributed by atoms with E-state index in [2.05, 4.69) is 20.2 Å². The fourth-order valence-corrected chi connectivity index (χ4v) is 3.63. The van der Waals surface area contributed by atoms with Crippen molar-refractivity contribution in [3.63, 3.8) is 0 Å². The van der Waals surface area contributed by atoms with Gasteiger partial charge in [-0.2, -0.15) is 9.58 Å². The first-order valence-corrected chi connectivity index (χ1v) is 12.3. The molecule has 0 fully saturated rings. The molecule has 0 aromatic heterocycles. The van der Waals surface area contributed by atoms with E-state index in [1.807, 2.05) is 0 Å². The van der Waals surface area contributed by atoms with Gasteiger partial charge in [0.2, 0.25) is 11.8 Å². The standard InChI is InChI=1S/C27H30N8O5/c1-15(32-26(39)19(28)13-17-9-5-3-6-10-17)23(36)21(34-30)25(38)22(35-31)24(37)16(2)33-27(40)20(29)14-18-11-7-4-8-12-18/h3-12,15-16,19-20H,13-14,28-29H2,1-2H3,(H,32,39)(H,33,40)/t15-,16-,19-,20-/m1/s1. The van der Waals surface area contributed by atoms with E-state index in [4.69, 9.17) is 11.5 Å². The number of carbonyl (C=O) groups excluding carboxylic acids is 5. The molecule has 0 radical (unpaired) electrons. The molecule has 2 aromatic carbocycles. The van der Waals surface area contributed by atoms with E-state index in [0.717, 1.165) is 11.1 Å². The van der Waals surface area contributed by atoms with E-state index in [-0.39, 0.29) is 12.8 Å². The van der Waals surface area contributed by atoms with Crippen molar-refractivity contribution in [2.75, 3.05) is 0 Å². The van der Waals surface area contributed by atoms with Crippen LogP contribution in [-0.4, -0.2) is 74.3 Å². The Bertz CT molecular complexity index is 1260. The van der Waals surface area contributed by atoms with Gasteiger partial charge < -0.3 is 33.2 Å². The highest BCUT2D eigenvalue weighted by molar-refractivity contribution is 6.87. The summed E-state index contributed by atoms with van der Waals surface area (Å²) in [6.45, 7) is 2.42. The number of hydrogen-bond acceptors (Lipinski definition) is 7. The summed E-state index contributed by atoms with van der Waals surface area (Å²) in [6.07, 6.45) is 0.337. The predicted molar refractivity (Wildman–Crippen MR) is 144 cm³/mol. The van der Waals surface area contributed by atoms with Gasteiger partial charge in [0.25, 0.3) is 11.6 Å². The van der Waals surface area contributed by atoms with Crippen LogP contribution in [0, 0.1) is 0 Å². The molecule has 0 bridgehead atoms. The zero-order valence-electron chi connectivity index (χ0n) is 22.0. The summed E-state index contributed by atoms with van der Waals surface area (Å²) < 4.78 is 0. The van der Waals surface area contributed by atoms with Gasteiger partial charge in [-0.15, -0.1) is 0 Å². The second-order valence-electron chi connectivity index (χ2n) is 9.01. The second-order valence-corrected chi connectivity index (χ2v) is 9.01. The van der Waals surface area contributed by atoms with E-state index in [0.29, 0.717) is 0 Å². The minimum absolute atomic E-state index is 0.169. The molecular formula is C27H30N8O5. The van der Waals surface area contributed by atoms with Gasteiger partial charge in [0, 0.05) is 0 Å². The molecule has 40 heavy (non-hydrogen) atoms. The Kier molecular flexibility index (Phi) is 11.6. The van der Waals surface area contributed by atoms with Crippen molar-refractivity contribution in [1.82, 2.24) is 10.6 Å². The van der Waals surface area contributed by atoms with Gasteiger partial charge in [0.15, 0.2) is 0 Å². The normalized spacial score (nSPS) is 13.3. The number of rotatable bonds is 14. The summed E-state index contributed by atoms with van der Waals surface area (Å²) in [5.74, 6) is -5.31. The van der Waals surface area contributed by atoms with Gasteiger partial charge in [0.1, 0.15) is 0 Å². The van der Waals surface area contributed by atoms with Crippen LogP contribution in [0.4, 0.5) is 0 Å². The minimum Gasteiger partial charge on any atom is -0.360 e. The van der Waals surface area contributed by atoms with Crippen molar-refractivity contribution in [3.8, 4) is 0 Å². The fraction of sp³-hybridized carbons (Fsp3) is 0.296. The molecule has 6 N–H and O–H groups in total. The fourth-order valence-electron chi connectivity index (χ4n) is 3.63. The van der Waals surface area contributed by atoms with Crippen LogP contribution in [0.25, 0.3) is 11.1 Å². The maximum atomic E-state index is 12.8. The van der Waals surface area contributed by atoms with Crippen LogP contribution < -0.4 is 22.1 Å². The SMILES string of the molecule is C[C@@H](NC(=O)[C@H](N)Cc1ccccc1)C(=O)C(=[N+]=[N-])C(=O)C(=[N+]=[N-])C(=O)[C@@H](C)NC(=O)[C@H](N)Cc1ccccc1. The summed E-state index contributed by atoms with van der Waals surface area (Å²) in [5, 5.41) is 4.64. The number of Topliss-reactive ketones (excluding diaryl/α,β-unsaturated/α-hetero) is 3. The van der Waals surface area contributed by atoms with Crippen molar-refractivity contribution in [2.45, 2.75) is 50.9 Å². The topological polar surface area (TPSA) is 234 Å². The molecule has 2 rings (SSSR count). The summed E-state index contributed by atoms with van der Waals surface area (Å²) in [6, 6.07) is 12.9. The average molecular weight is 547 g/mol. The maximum Gasteiger partial charge on any atom is 0.415 e. The average Bonchev–Trinajstić information content (AvgIpc) is 2.94. The predicted octanol–water partition coefficient (Wildman–Crippen LogP) is -0.815. The van der Waals surface area contributed by atoms with E-state index in [1.54, 1.807) is 60.7 Å². The van der Waals surface area contributed by atoms with E-state index < -0.39 is 64.8 Å². The summed E-state index contributed by atoms with van der Waals surface area (Å²) >= 11 is 0. The lowest BCUT2D eigenvalue weighted by atomic mass is 9.97. The van der Waals surface area contributed by atoms with Crippen LogP contribution in [0.2, 0.25) is 0 Å². The van der Waals surface area contributed by atoms with Gasteiger partial charge in [-0.25, -0.2) is 0 Å². The smallest absolute Gasteiger partial charge is 0.360 e. The quantitative estimate of drug-likeness (QED) is 0.102. The molecule has 0 unspecified atom stereocenters. The molecule has 208 valence electrons. The molecule has 0 heterocycles. The number of ketones is 3. The van der Waals surface area contributed by atoms with Crippen molar-refractivity contribution in [3.05, 3.63) is 82.9 Å². The van der Waals surface area contributed by atoms with Crippen LogP contribution in [0.15, 0.2) is 60.7 Å². The van der Waals surface area contributed by atoms with Crippen LogP contribution in [0.1, 0.15) is 25.0 Å². The summed E-state index contributed by atoms with van der Waals surface area (Å²) in [7, 11) is 0. The van der Waals surface area contributed by atoms with Gasteiger partial charge in [0.05, 0.1) is 24.2 Å². The molecule has 0 aliphatic rings. The Labute approximate surface area is 230 Å². The van der Waals surface area contributed by atoms with Gasteiger partial charge >= 0.3 is 17.2 Å². The van der Waals surface area contributed by atoms with Crippen molar-refractivity contribution in [2.24, 2.45) is 11.5 Å². The highest BCUT2D eigenvalue weighted by atomic mass is 16.2. The molecule has 13 nitrogen and oxygen atoms in total. The third-order valence-electron chi connectivity index (χ3n) is 5.87. The molecule has 4 atom stereocenters. The molecule has 2 aromatic rings. The third kappa shape index (κ3) is 8.55. The van der Waals surface area contributed by atoms with Crippen LogP contribution in [0.5, 0.6) is 0 Å². The summed E-state index contributed by atoms with van der Waals surface area (Å²) in [4.78, 5) is 68.6. The first-order valence-electron chi connectivity index (χ1n) is 12.3. The number of amides is 2. The van der Waals surface area contributed by atoms with Gasteiger partial charge in [-0.3, -0.25) is 24.0 Å². The Morgan fingerprint density at radius 2 is 1.00 bits per heavy atom. The largest absolute Gasteiger partial charge is 0.415 e. The molecule has 13 heteroatoms. The summed E-state index contributed by atoms with van der Waals surface area (Å²) in [5.41, 5.74) is 29.7. The van der Waals surface area contributed by atoms with Gasteiger partial charge in [-0.05, 0) is 37.8 Å². The van der Waals surface area contributed by atoms with Crippen LogP contribution in [0.3, 0.4) is 0 Å². The Morgan fingerprint density at radius 1 is 0.675 bits per heavy atom. The molecule has 0 saturated heterocycles. The zero-order chi connectivity index (χ0) is 29.8. The first-order chi connectivity index (χ1) is 19.0. The first kappa shape index (κ1) is 31.3. The van der Waals surface area contributed by atoms with Gasteiger partial charge in [-0.1, -0.05) is 60.7 Å². The van der Waals surface area contributed by atoms with Crippen molar-refractivity contribution in [1.29, 1.82) is 0 Å². The number of nitrogens with two attached hydrogens (primary N) is 2. The Hall–Kier alpha value is -4.93. The molecule has 2 amide bonds. The molecule has 0 aliphatic carbocycles. The Balaban J connectivity index is 2.03. The lowest BCUT2D eigenvalue weighted by molar-refractivity contribution is -0.131. The molecule has 0 aliphatic heterocycles. The Morgan fingerprint density at radius 3 is 1.30 bits per heavy atom. The van der Waals surface area contributed by atoms with E-state index in [1.165, 1.54) is 13.8 Å². The molecule has 0 spiro atoms. The lowest BCUT2D eigenvalue weighted by Crippen LogP contribution is -2.53. The monoisotopic (exact) mass is 546 g/mol. The number of hydrogen-bond donors (Lipinski definition) is 4. The third-order valence-corrected chi connectivity index (χ3v) is 5.87. The highest BCUT2D eigenvalue weighted by Crippen LogP contribution is 2.04. The van der Waals surface area contributed by atoms with Crippen molar-refractivity contribution < 1.29 is 33.6 Å². The van der Waals surface area contributed by atoms with E-state index >= 15 is 0 Å². The van der Waals surface area contributed by atoms with Crippen LogP contribution in [-0.2, 0) is 36.8 Å². The maximum absolute atomic E-state index is 12.8. The molecular weight excluding hydrogens is 516 g/mol. The second kappa shape index (κ2) is 14.9. The highest BCUT2D eigenvalue weighted by Gasteiger charge is 2.46. The van der Waals surface area contributed by atoms with Crippen molar-refractivity contribution >= 4 is 40.6 Å². The zero-order valence-corrected chi connectivity index (χ0v) is 22.0. The number of nitrogens with zero attached hydrogens (tertiary/aromatic N) is 4. The van der Waals surface area contributed by atoms with Crippen LogP contribution >= 0.6 is 0 Å². The molecule has 0 saturated carbocycles. The number of nitrogens with one attached hydrogen (secondary N) is 2.